The molecule has 0 radical (unpaired) electrons. The van der Waals surface area contributed by atoms with Crippen molar-refractivity contribution in [3.8, 4) is 0 Å². The molecule has 1 heterocycles. The standard InChI is InChI=1S/C13H24N2O2/c1-13(2,3)17-12(16)15-7-6-10-9(8-15)4-5-11(10)14/h9-11H,4-8,14H2,1-3H3. The summed E-state index contributed by atoms with van der Waals surface area (Å²) >= 11 is 0. The number of rotatable bonds is 0. The third kappa shape index (κ3) is 2.92. The third-order valence-corrected chi connectivity index (χ3v) is 3.87. The van der Waals surface area contributed by atoms with Crippen molar-refractivity contribution in [3.05, 3.63) is 0 Å². The molecule has 3 unspecified atom stereocenters. The SMILES string of the molecule is CC(C)(C)OC(=O)N1CCC2C(N)CCC2C1. The smallest absolute Gasteiger partial charge is 0.410 e. The van der Waals surface area contributed by atoms with E-state index in [2.05, 4.69) is 0 Å². The van der Waals surface area contributed by atoms with Crippen LogP contribution in [-0.4, -0.2) is 35.7 Å². The molecule has 1 amide bonds. The Morgan fingerprint density at radius 3 is 2.65 bits per heavy atom. The van der Waals surface area contributed by atoms with Crippen LogP contribution in [-0.2, 0) is 4.74 Å². The molecular weight excluding hydrogens is 216 g/mol. The van der Waals surface area contributed by atoms with Crippen LogP contribution in [0.25, 0.3) is 0 Å². The molecule has 0 spiro atoms. The van der Waals surface area contributed by atoms with Gasteiger partial charge in [-0.3, -0.25) is 0 Å². The van der Waals surface area contributed by atoms with Gasteiger partial charge < -0.3 is 15.4 Å². The summed E-state index contributed by atoms with van der Waals surface area (Å²) in [4.78, 5) is 13.8. The molecule has 2 fully saturated rings. The maximum atomic E-state index is 12.0. The largest absolute Gasteiger partial charge is 0.444 e. The molecule has 2 N–H and O–H groups in total. The number of ether oxygens (including phenoxy) is 1. The van der Waals surface area contributed by atoms with Gasteiger partial charge in [-0.2, -0.15) is 0 Å². The van der Waals surface area contributed by atoms with Gasteiger partial charge in [0.25, 0.3) is 0 Å². The Hall–Kier alpha value is -0.770. The predicted molar refractivity (Wildman–Crippen MR) is 66.6 cm³/mol. The Balaban J connectivity index is 1.91. The Morgan fingerprint density at radius 2 is 2.00 bits per heavy atom. The second kappa shape index (κ2) is 4.48. The topological polar surface area (TPSA) is 55.6 Å². The minimum absolute atomic E-state index is 0.170. The number of nitrogens with zero attached hydrogens (tertiary/aromatic N) is 1. The summed E-state index contributed by atoms with van der Waals surface area (Å²) in [6, 6.07) is 0.348. The highest BCUT2D eigenvalue weighted by atomic mass is 16.6. The van der Waals surface area contributed by atoms with Crippen molar-refractivity contribution >= 4 is 6.09 Å². The van der Waals surface area contributed by atoms with Gasteiger partial charge in [-0.25, -0.2) is 4.79 Å². The summed E-state index contributed by atoms with van der Waals surface area (Å²) < 4.78 is 5.41. The monoisotopic (exact) mass is 240 g/mol. The van der Waals surface area contributed by atoms with Gasteiger partial charge in [-0.1, -0.05) is 0 Å². The molecule has 3 atom stereocenters. The normalized spacial score (nSPS) is 33.4. The van der Waals surface area contributed by atoms with Crippen LogP contribution in [0.2, 0.25) is 0 Å². The highest BCUT2D eigenvalue weighted by Crippen LogP contribution is 2.37. The molecule has 1 saturated heterocycles. The number of amides is 1. The van der Waals surface area contributed by atoms with Gasteiger partial charge in [0, 0.05) is 19.1 Å². The molecule has 1 aliphatic carbocycles. The van der Waals surface area contributed by atoms with Gasteiger partial charge in [-0.05, 0) is 51.9 Å². The minimum Gasteiger partial charge on any atom is -0.444 e. The van der Waals surface area contributed by atoms with Crippen LogP contribution < -0.4 is 5.73 Å². The lowest BCUT2D eigenvalue weighted by molar-refractivity contribution is 0.0121. The van der Waals surface area contributed by atoms with E-state index in [1.165, 1.54) is 0 Å². The first-order valence-electron chi connectivity index (χ1n) is 6.60. The summed E-state index contributed by atoms with van der Waals surface area (Å²) in [5.74, 6) is 1.21. The third-order valence-electron chi connectivity index (χ3n) is 3.87. The van der Waals surface area contributed by atoms with E-state index in [0.29, 0.717) is 17.9 Å². The summed E-state index contributed by atoms with van der Waals surface area (Å²) in [5, 5.41) is 0. The quantitative estimate of drug-likeness (QED) is 0.704. The first kappa shape index (κ1) is 12.7. The highest BCUT2D eigenvalue weighted by Gasteiger charge is 2.39. The van der Waals surface area contributed by atoms with Gasteiger partial charge in [0.2, 0.25) is 0 Å². The lowest BCUT2D eigenvalue weighted by Gasteiger charge is -2.37. The van der Waals surface area contributed by atoms with Gasteiger partial charge in [0.05, 0.1) is 0 Å². The number of nitrogens with two attached hydrogens (primary N) is 1. The van der Waals surface area contributed by atoms with Crippen LogP contribution in [0.1, 0.15) is 40.0 Å². The van der Waals surface area contributed by atoms with Crippen LogP contribution in [0.15, 0.2) is 0 Å². The molecule has 0 aromatic rings. The second-order valence-corrected chi connectivity index (χ2v) is 6.38. The zero-order valence-electron chi connectivity index (χ0n) is 11.1. The number of hydrogen-bond donors (Lipinski definition) is 1. The first-order valence-corrected chi connectivity index (χ1v) is 6.60. The van der Waals surface area contributed by atoms with E-state index >= 15 is 0 Å². The average molecular weight is 240 g/mol. The molecule has 4 nitrogen and oxygen atoms in total. The Kier molecular flexibility index (Phi) is 3.34. The van der Waals surface area contributed by atoms with Crippen molar-refractivity contribution in [2.45, 2.75) is 51.7 Å². The van der Waals surface area contributed by atoms with Gasteiger partial charge in [-0.15, -0.1) is 0 Å². The highest BCUT2D eigenvalue weighted by molar-refractivity contribution is 5.68. The molecule has 0 aromatic carbocycles. The van der Waals surface area contributed by atoms with Crippen molar-refractivity contribution in [2.75, 3.05) is 13.1 Å². The van der Waals surface area contributed by atoms with Gasteiger partial charge in [0.1, 0.15) is 5.60 Å². The fourth-order valence-corrected chi connectivity index (χ4v) is 3.03. The number of carbonyl (C=O) groups is 1. The molecule has 2 aliphatic rings. The van der Waals surface area contributed by atoms with Crippen molar-refractivity contribution in [3.63, 3.8) is 0 Å². The van der Waals surface area contributed by atoms with E-state index in [4.69, 9.17) is 10.5 Å². The Morgan fingerprint density at radius 1 is 1.29 bits per heavy atom. The van der Waals surface area contributed by atoms with Crippen molar-refractivity contribution in [2.24, 2.45) is 17.6 Å². The van der Waals surface area contributed by atoms with E-state index in [9.17, 15) is 4.79 Å². The number of hydrogen-bond acceptors (Lipinski definition) is 3. The summed E-state index contributed by atoms with van der Waals surface area (Å²) in [5.41, 5.74) is 5.68. The zero-order chi connectivity index (χ0) is 12.6. The molecule has 17 heavy (non-hydrogen) atoms. The van der Waals surface area contributed by atoms with E-state index in [0.717, 1.165) is 32.4 Å². The number of likely N-dealkylation sites (tertiary alicyclic amines) is 1. The maximum Gasteiger partial charge on any atom is 0.410 e. The van der Waals surface area contributed by atoms with Crippen molar-refractivity contribution in [1.82, 2.24) is 4.90 Å². The van der Waals surface area contributed by atoms with E-state index in [-0.39, 0.29) is 6.09 Å². The number of piperidine rings is 1. The van der Waals surface area contributed by atoms with Crippen LogP contribution in [0.3, 0.4) is 0 Å². The van der Waals surface area contributed by atoms with E-state index < -0.39 is 5.60 Å². The second-order valence-electron chi connectivity index (χ2n) is 6.38. The first-order chi connectivity index (χ1) is 7.87. The average Bonchev–Trinajstić information content (AvgIpc) is 2.57. The fraction of sp³-hybridized carbons (Fsp3) is 0.923. The lowest BCUT2D eigenvalue weighted by atomic mass is 9.87. The van der Waals surface area contributed by atoms with E-state index in [1.54, 1.807) is 0 Å². The van der Waals surface area contributed by atoms with Crippen LogP contribution in [0.4, 0.5) is 4.79 Å². The fourth-order valence-electron chi connectivity index (χ4n) is 3.03. The minimum atomic E-state index is -0.403. The molecule has 98 valence electrons. The van der Waals surface area contributed by atoms with Gasteiger partial charge in [0.15, 0.2) is 0 Å². The number of fused-ring (bicyclic) bond motifs is 1. The number of carbonyl (C=O) groups excluding carboxylic acids is 1. The molecule has 4 heteroatoms. The lowest BCUT2D eigenvalue weighted by Crippen LogP contribution is -2.46. The summed E-state index contributed by atoms with van der Waals surface area (Å²) in [6.07, 6.45) is 3.13. The Bertz CT molecular complexity index is 298. The molecule has 1 saturated carbocycles. The predicted octanol–water partition coefficient (Wildman–Crippen LogP) is 1.98. The maximum absolute atomic E-state index is 12.0. The summed E-state index contributed by atoms with van der Waals surface area (Å²) in [6.45, 7) is 7.34. The molecule has 1 aliphatic heterocycles. The molecule has 0 aromatic heterocycles. The van der Waals surface area contributed by atoms with Crippen LogP contribution >= 0.6 is 0 Å². The molecule has 2 rings (SSSR count). The Labute approximate surface area is 103 Å². The zero-order valence-corrected chi connectivity index (χ0v) is 11.1. The molecule has 0 bridgehead atoms. The van der Waals surface area contributed by atoms with Crippen molar-refractivity contribution < 1.29 is 9.53 Å². The van der Waals surface area contributed by atoms with Crippen LogP contribution in [0.5, 0.6) is 0 Å². The van der Waals surface area contributed by atoms with E-state index in [1.807, 2.05) is 25.7 Å². The van der Waals surface area contributed by atoms with Crippen LogP contribution in [0, 0.1) is 11.8 Å². The molecular formula is C13H24N2O2. The van der Waals surface area contributed by atoms with Crippen molar-refractivity contribution in [1.29, 1.82) is 0 Å². The van der Waals surface area contributed by atoms with Gasteiger partial charge >= 0.3 is 6.09 Å². The summed E-state index contributed by atoms with van der Waals surface area (Å²) in [7, 11) is 0.